The molecule has 0 N–H and O–H groups in total. The monoisotopic (exact) mass is 539 g/mol. The van der Waals surface area contributed by atoms with E-state index >= 15 is 0 Å². The molecule has 0 bridgehead atoms. The molecule has 1 saturated heterocycles. The Kier molecular flexibility index (Phi) is 8.75. The molecule has 0 spiro atoms. The quantitative estimate of drug-likeness (QED) is 0.274. The highest BCUT2D eigenvalue weighted by molar-refractivity contribution is 7.89. The van der Waals surface area contributed by atoms with Gasteiger partial charge in [0.15, 0.2) is 5.03 Å². The number of nitrogens with zero attached hydrogens (tertiary/aromatic N) is 3. The van der Waals surface area contributed by atoms with Gasteiger partial charge in [-0.05, 0) is 66.3 Å². The van der Waals surface area contributed by atoms with Crippen LogP contribution in [0.2, 0.25) is 10.0 Å². The second kappa shape index (κ2) is 12.0. The van der Waals surface area contributed by atoms with E-state index < -0.39 is 10.0 Å². The molecule has 0 radical (unpaired) electrons. The van der Waals surface area contributed by atoms with Crippen molar-refractivity contribution >= 4 is 33.2 Å². The van der Waals surface area contributed by atoms with E-state index in [9.17, 15) is 8.42 Å². The highest BCUT2D eigenvalue weighted by Crippen LogP contribution is 2.30. The number of pyridine rings is 2. The number of hydrogen-bond acceptors (Lipinski definition) is 4. The van der Waals surface area contributed by atoms with Crippen molar-refractivity contribution in [1.82, 2.24) is 14.3 Å². The van der Waals surface area contributed by atoms with Crippen LogP contribution >= 0.6 is 23.2 Å². The SMILES string of the molecule is CC1CCN(S(=O)(=O)c2cc(-c3ccccc3Cl)ccn2)CC1.Clc1ccccc1-c1ccncc1. The van der Waals surface area contributed by atoms with Gasteiger partial charge in [0.05, 0.1) is 0 Å². The minimum atomic E-state index is -3.55. The average molecular weight is 541 g/mol. The fraction of sp³-hybridized carbons (Fsp3) is 0.214. The Morgan fingerprint density at radius 2 is 1.31 bits per heavy atom. The molecule has 4 aromatic rings. The van der Waals surface area contributed by atoms with E-state index in [1.54, 1.807) is 30.6 Å². The van der Waals surface area contributed by atoms with E-state index in [2.05, 4.69) is 16.9 Å². The molecule has 5 rings (SSSR count). The molecular weight excluding hydrogens is 513 g/mol. The zero-order chi connectivity index (χ0) is 25.5. The van der Waals surface area contributed by atoms with Crippen molar-refractivity contribution in [3.05, 3.63) is 101 Å². The van der Waals surface area contributed by atoms with Gasteiger partial charge >= 0.3 is 0 Å². The average Bonchev–Trinajstić information content (AvgIpc) is 2.90. The normalized spacial score (nSPS) is 14.6. The van der Waals surface area contributed by atoms with E-state index in [0.29, 0.717) is 24.0 Å². The second-order valence-corrected chi connectivity index (χ2v) is 11.4. The van der Waals surface area contributed by atoms with Gasteiger partial charge in [0, 0.05) is 52.9 Å². The summed E-state index contributed by atoms with van der Waals surface area (Å²) in [5.74, 6) is 0.573. The number of hydrogen-bond donors (Lipinski definition) is 0. The molecule has 3 heterocycles. The summed E-state index contributed by atoms with van der Waals surface area (Å²) >= 11 is 12.2. The smallest absolute Gasteiger partial charge is 0.260 e. The van der Waals surface area contributed by atoms with Crippen molar-refractivity contribution in [2.45, 2.75) is 24.8 Å². The second-order valence-electron chi connectivity index (χ2n) is 8.66. The third-order valence-corrected chi connectivity index (χ3v) is 8.59. The van der Waals surface area contributed by atoms with Crippen LogP contribution in [0.1, 0.15) is 19.8 Å². The Hall–Kier alpha value is -2.77. The van der Waals surface area contributed by atoms with Crippen LogP contribution in [-0.2, 0) is 10.0 Å². The van der Waals surface area contributed by atoms with Crippen LogP contribution in [0.4, 0.5) is 0 Å². The number of halogens is 2. The third-order valence-electron chi connectivity index (χ3n) is 6.13. The maximum absolute atomic E-state index is 12.8. The number of benzene rings is 2. The summed E-state index contributed by atoms with van der Waals surface area (Å²) < 4.78 is 27.1. The van der Waals surface area contributed by atoms with Crippen molar-refractivity contribution in [1.29, 1.82) is 0 Å². The van der Waals surface area contributed by atoms with Gasteiger partial charge in [-0.15, -0.1) is 0 Å². The lowest BCUT2D eigenvalue weighted by Gasteiger charge is -2.29. The summed E-state index contributed by atoms with van der Waals surface area (Å²) in [6.07, 6.45) is 6.84. The third kappa shape index (κ3) is 6.31. The molecule has 8 heteroatoms. The summed E-state index contributed by atoms with van der Waals surface area (Å²) in [5.41, 5.74) is 3.71. The van der Waals surface area contributed by atoms with Crippen LogP contribution in [-0.4, -0.2) is 35.8 Å². The minimum Gasteiger partial charge on any atom is -0.265 e. The fourth-order valence-corrected chi connectivity index (χ4v) is 5.91. The van der Waals surface area contributed by atoms with Crippen molar-refractivity contribution in [2.24, 2.45) is 5.92 Å². The Morgan fingerprint density at radius 1 is 0.778 bits per heavy atom. The Morgan fingerprint density at radius 3 is 1.89 bits per heavy atom. The molecule has 0 atom stereocenters. The van der Waals surface area contributed by atoms with Crippen molar-refractivity contribution in [3.8, 4) is 22.3 Å². The van der Waals surface area contributed by atoms with Gasteiger partial charge < -0.3 is 0 Å². The van der Waals surface area contributed by atoms with E-state index in [1.807, 2.05) is 54.6 Å². The summed E-state index contributed by atoms with van der Waals surface area (Å²) in [4.78, 5) is 8.05. The van der Waals surface area contributed by atoms with Gasteiger partial charge in [-0.2, -0.15) is 4.31 Å². The maximum Gasteiger partial charge on any atom is 0.260 e. The van der Waals surface area contributed by atoms with Crippen LogP contribution in [0.3, 0.4) is 0 Å². The number of aromatic nitrogens is 2. The van der Waals surface area contributed by atoms with Gasteiger partial charge in [-0.25, -0.2) is 13.4 Å². The van der Waals surface area contributed by atoms with Gasteiger partial charge in [0.1, 0.15) is 0 Å². The molecule has 2 aromatic carbocycles. The molecule has 1 aliphatic rings. The molecular formula is C28H27Cl2N3O2S. The summed E-state index contributed by atoms with van der Waals surface area (Å²) in [7, 11) is -3.55. The topological polar surface area (TPSA) is 63.2 Å². The number of rotatable bonds is 4. The molecule has 36 heavy (non-hydrogen) atoms. The Balaban J connectivity index is 0.000000197. The Bertz CT molecular complexity index is 1410. The first-order chi connectivity index (χ1) is 17.4. The molecule has 1 fully saturated rings. The lowest BCUT2D eigenvalue weighted by molar-refractivity contribution is 0.287. The molecule has 0 amide bonds. The highest BCUT2D eigenvalue weighted by atomic mass is 35.5. The number of piperidine rings is 1. The molecule has 0 saturated carbocycles. The van der Waals surface area contributed by atoms with Crippen molar-refractivity contribution < 1.29 is 8.42 Å². The van der Waals surface area contributed by atoms with E-state index in [0.717, 1.165) is 40.1 Å². The maximum atomic E-state index is 12.8. The van der Waals surface area contributed by atoms with Crippen LogP contribution in [0.25, 0.3) is 22.3 Å². The van der Waals surface area contributed by atoms with Crippen molar-refractivity contribution in [2.75, 3.05) is 13.1 Å². The standard InChI is InChI=1S/C17H19ClN2O2S.C11H8ClN/c1-13-7-10-20(11-8-13)23(21,22)17-12-14(6-9-19-17)15-4-2-3-5-16(15)18;12-11-4-2-1-3-10(11)9-5-7-13-8-6-9/h2-6,9,12-13H,7-8,10-11H2,1H3;1-8H. The van der Waals surface area contributed by atoms with E-state index in [-0.39, 0.29) is 5.03 Å². The fourth-order valence-electron chi connectivity index (χ4n) is 4.00. The molecule has 186 valence electrons. The Labute approximate surface area is 222 Å². The highest BCUT2D eigenvalue weighted by Gasteiger charge is 2.29. The predicted molar refractivity (Wildman–Crippen MR) is 147 cm³/mol. The zero-order valence-corrected chi connectivity index (χ0v) is 22.2. The summed E-state index contributed by atoms with van der Waals surface area (Å²) in [5, 5.41) is 1.45. The van der Waals surface area contributed by atoms with Gasteiger partial charge in [0.2, 0.25) is 0 Å². The lowest BCUT2D eigenvalue weighted by Crippen LogP contribution is -2.38. The summed E-state index contributed by atoms with van der Waals surface area (Å²) in [6.45, 7) is 3.27. The largest absolute Gasteiger partial charge is 0.265 e. The van der Waals surface area contributed by atoms with Crippen LogP contribution in [0.5, 0.6) is 0 Å². The van der Waals surface area contributed by atoms with E-state index in [4.69, 9.17) is 23.2 Å². The van der Waals surface area contributed by atoms with Gasteiger partial charge in [-0.1, -0.05) is 66.5 Å². The lowest BCUT2D eigenvalue weighted by atomic mass is 10.0. The van der Waals surface area contributed by atoms with Gasteiger partial charge in [-0.3, -0.25) is 4.98 Å². The molecule has 1 aliphatic heterocycles. The van der Waals surface area contributed by atoms with Gasteiger partial charge in [0.25, 0.3) is 10.0 Å². The van der Waals surface area contributed by atoms with Crippen LogP contribution in [0, 0.1) is 5.92 Å². The molecule has 0 unspecified atom stereocenters. The number of sulfonamides is 1. The minimum absolute atomic E-state index is 0.0875. The first-order valence-electron chi connectivity index (χ1n) is 11.7. The zero-order valence-electron chi connectivity index (χ0n) is 19.9. The van der Waals surface area contributed by atoms with Crippen LogP contribution < -0.4 is 0 Å². The molecule has 5 nitrogen and oxygen atoms in total. The predicted octanol–water partition coefficient (Wildman–Crippen LogP) is 7.22. The first-order valence-corrected chi connectivity index (χ1v) is 13.9. The van der Waals surface area contributed by atoms with Crippen LogP contribution in [0.15, 0.2) is 96.4 Å². The van der Waals surface area contributed by atoms with Crippen molar-refractivity contribution in [3.63, 3.8) is 0 Å². The summed E-state index contributed by atoms with van der Waals surface area (Å²) in [6, 6.07) is 22.4. The first kappa shape index (κ1) is 26.3. The molecule has 2 aromatic heterocycles. The molecule has 0 aliphatic carbocycles. The van der Waals surface area contributed by atoms with E-state index in [1.165, 1.54) is 10.5 Å².